The first-order valence-corrected chi connectivity index (χ1v) is 7.28. The molecule has 1 amide bonds. The number of rotatable bonds is 0. The van der Waals surface area contributed by atoms with Crippen LogP contribution in [0.4, 0.5) is 10.2 Å². The van der Waals surface area contributed by atoms with Crippen molar-refractivity contribution in [1.29, 1.82) is 0 Å². The van der Waals surface area contributed by atoms with Gasteiger partial charge in [0.15, 0.2) is 5.82 Å². The molecule has 20 heavy (non-hydrogen) atoms. The summed E-state index contributed by atoms with van der Waals surface area (Å²) in [6.45, 7) is 0. The fraction of sp³-hybridized carbons (Fsp3) is 0.357. The molecule has 2 aliphatic rings. The highest BCUT2D eigenvalue weighted by Gasteiger charge is 2.55. The van der Waals surface area contributed by atoms with Crippen molar-refractivity contribution in [2.75, 3.05) is 11.9 Å². The molecule has 0 saturated heterocycles. The van der Waals surface area contributed by atoms with Crippen LogP contribution in [0.25, 0.3) is 10.9 Å². The molecule has 4 rings (SSSR count). The second-order valence-electron chi connectivity index (χ2n) is 5.48. The second kappa shape index (κ2) is 3.75. The highest BCUT2D eigenvalue weighted by Crippen LogP contribution is 2.54. The Morgan fingerprint density at radius 3 is 2.75 bits per heavy atom. The number of aromatic nitrogens is 2. The van der Waals surface area contributed by atoms with E-state index in [-0.39, 0.29) is 11.7 Å². The number of nitrogens with zero attached hydrogens (tertiary/aromatic N) is 3. The number of benzene rings is 1. The molecular weight excluding hydrogens is 325 g/mol. The Labute approximate surface area is 123 Å². The summed E-state index contributed by atoms with van der Waals surface area (Å²) < 4.78 is 14.0. The average molecular weight is 336 g/mol. The molecule has 4 nitrogen and oxygen atoms in total. The maximum Gasteiger partial charge on any atom is 0.238 e. The molecule has 1 saturated carbocycles. The number of halogens is 2. The Morgan fingerprint density at radius 1 is 1.35 bits per heavy atom. The van der Waals surface area contributed by atoms with Crippen LogP contribution < -0.4 is 4.90 Å². The maximum atomic E-state index is 13.7. The van der Waals surface area contributed by atoms with Crippen LogP contribution in [0.15, 0.2) is 16.6 Å². The summed E-state index contributed by atoms with van der Waals surface area (Å²) in [5.74, 6) is 0.328. The minimum atomic E-state index is -0.463. The van der Waals surface area contributed by atoms with E-state index in [1.165, 1.54) is 6.07 Å². The zero-order valence-corrected chi connectivity index (χ0v) is 12.4. The van der Waals surface area contributed by atoms with E-state index in [0.717, 1.165) is 30.2 Å². The van der Waals surface area contributed by atoms with E-state index in [4.69, 9.17) is 0 Å². The first-order valence-electron chi connectivity index (χ1n) is 6.49. The third-order valence-corrected chi connectivity index (χ3v) is 5.11. The van der Waals surface area contributed by atoms with Crippen LogP contribution in [0.2, 0.25) is 0 Å². The summed E-state index contributed by atoms with van der Waals surface area (Å²) >= 11 is 3.21. The van der Waals surface area contributed by atoms with Crippen molar-refractivity contribution in [3.05, 3.63) is 28.0 Å². The van der Waals surface area contributed by atoms with E-state index < -0.39 is 5.41 Å². The fourth-order valence-electron chi connectivity index (χ4n) is 3.32. The van der Waals surface area contributed by atoms with Crippen molar-refractivity contribution in [1.82, 2.24) is 10.2 Å². The molecule has 2 heterocycles. The first kappa shape index (κ1) is 12.2. The van der Waals surface area contributed by atoms with E-state index in [9.17, 15) is 9.18 Å². The van der Waals surface area contributed by atoms with Gasteiger partial charge in [0.25, 0.3) is 0 Å². The van der Waals surface area contributed by atoms with Crippen molar-refractivity contribution < 1.29 is 9.18 Å². The Hall–Kier alpha value is -1.56. The number of likely N-dealkylation sites (N-methyl/N-ethyl adjacent to an activating group) is 1. The Kier molecular flexibility index (Phi) is 2.29. The zero-order chi connectivity index (χ0) is 14.1. The Morgan fingerprint density at radius 2 is 2.10 bits per heavy atom. The molecule has 102 valence electrons. The third kappa shape index (κ3) is 1.28. The fourth-order valence-corrected chi connectivity index (χ4v) is 3.66. The highest BCUT2D eigenvalue weighted by molar-refractivity contribution is 9.10. The minimum Gasteiger partial charge on any atom is -0.297 e. The van der Waals surface area contributed by atoms with Crippen LogP contribution in [0.1, 0.15) is 24.8 Å². The molecule has 1 aromatic carbocycles. The Bertz CT molecular complexity index is 773. The van der Waals surface area contributed by atoms with Gasteiger partial charge in [-0.05, 0) is 34.8 Å². The van der Waals surface area contributed by atoms with Gasteiger partial charge in [-0.1, -0.05) is 6.42 Å². The van der Waals surface area contributed by atoms with Gasteiger partial charge >= 0.3 is 0 Å². The minimum absolute atomic E-state index is 0.0843. The van der Waals surface area contributed by atoms with Crippen molar-refractivity contribution in [3.63, 3.8) is 0 Å². The summed E-state index contributed by atoms with van der Waals surface area (Å²) in [6, 6.07) is 3.08. The predicted octanol–water partition coefficient (Wildman–Crippen LogP) is 2.93. The van der Waals surface area contributed by atoms with Crippen LogP contribution >= 0.6 is 15.9 Å². The van der Waals surface area contributed by atoms with Crippen LogP contribution in [0.3, 0.4) is 0 Å². The summed E-state index contributed by atoms with van der Waals surface area (Å²) in [5.41, 5.74) is 0.955. The van der Waals surface area contributed by atoms with E-state index >= 15 is 0 Å². The number of fused-ring (bicyclic) bond motifs is 4. The van der Waals surface area contributed by atoms with Crippen LogP contribution in [0, 0.1) is 5.82 Å². The standard InChI is InChI=1S/C14H11BrFN3O/c1-19-12-11(14(13(19)20)3-2-4-14)7-5-8(15)9(16)6-10(7)17-18-12/h5-6H,2-4H2,1H3. The Balaban J connectivity index is 2.12. The molecule has 1 aliphatic heterocycles. The topological polar surface area (TPSA) is 46.1 Å². The lowest BCUT2D eigenvalue weighted by Crippen LogP contribution is -2.43. The number of hydrogen-bond donors (Lipinski definition) is 0. The molecular formula is C14H11BrFN3O. The molecule has 1 fully saturated rings. The van der Waals surface area contributed by atoms with Gasteiger partial charge in [-0.2, -0.15) is 0 Å². The van der Waals surface area contributed by atoms with Gasteiger partial charge in [0.1, 0.15) is 5.82 Å². The average Bonchev–Trinajstić information content (AvgIpc) is 2.61. The lowest BCUT2D eigenvalue weighted by Gasteiger charge is -2.36. The molecule has 1 spiro atoms. The van der Waals surface area contributed by atoms with Crippen LogP contribution in [-0.2, 0) is 10.2 Å². The molecule has 0 radical (unpaired) electrons. The molecule has 0 unspecified atom stereocenters. The summed E-state index contributed by atoms with van der Waals surface area (Å²) in [5, 5.41) is 9.02. The number of carbonyl (C=O) groups excluding carboxylic acids is 1. The van der Waals surface area contributed by atoms with Crippen LogP contribution in [0.5, 0.6) is 0 Å². The third-order valence-electron chi connectivity index (χ3n) is 4.50. The monoisotopic (exact) mass is 335 g/mol. The largest absolute Gasteiger partial charge is 0.297 e. The molecule has 2 aromatic rings. The molecule has 6 heteroatoms. The predicted molar refractivity (Wildman–Crippen MR) is 76.1 cm³/mol. The zero-order valence-electron chi connectivity index (χ0n) is 10.8. The lowest BCUT2D eigenvalue weighted by atomic mass is 9.65. The highest BCUT2D eigenvalue weighted by atomic mass is 79.9. The SMILES string of the molecule is CN1C(=O)C2(CCC2)c2c1nnc1cc(F)c(Br)cc21. The van der Waals surface area contributed by atoms with Crippen molar-refractivity contribution in [3.8, 4) is 0 Å². The maximum absolute atomic E-state index is 13.7. The quantitative estimate of drug-likeness (QED) is 0.743. The van der Waals surface area contributed by atoms with Crippen molar-refractivity contribution in [2.24, 2.45) is 0 Å². The molecule has 1 aliphatic carbocycles. The number of carbonyl (C=O) groups is 1. The molecule has 0 bridgehead atoms. The second-order valence-corrected chi connectivity index (χ2v) is 6.34. The van der Waals surface area contributed by atoms with Gasteiger partial charge in [0.2, 0.25) is 5.91 Å². The first-order chi connectivity index (χ1) is 9.54. The number of amides is 1. The van der Waals surface area contributed by atoms with E-state index in [0.29, 0.717) is 15.8 Å². The summed E-state index contributed by atoms with van der Waals surface area (Å²) in [4.78, 5) is 14.1. The van der Waals surface area contributed by atoms with Gasteiger partial charge in [-0.15, -0.1) is 10.2 Å². The van der Waals surface area contributed by atoms with Crippen molar-refractivity contribution in [2.45, 2.75) is 24.7 Å². The van der Waals surface area contributed by atoms with Gasteiger partial charge in [-0.3, -0.25) is 9.69 Å². The molecule has 0 N–H and O–H groups in total. The smallest absolute Gasteiger partial charge is 0.238 e. The molecule has 1 aromatic heterocycles. The summed E-state index contributed by atoms with van der Waals surface area (Å²) in [6.07, 6.45) is 2.70. The lowest BCUT2D eigenvalue weighted by molar-refractivity contribution is -0.125. The normalized spacial score (nSPS) is 19.6. The van der Waals surface area contributed by atoms with Gasteiger partial charge < -0.3 is 0 Å². The van der Waals surface area contributed by atoms with Gasteiger partial charge in [-0.25, -0.2) is 4.39 Å². The van der Waals surface area contributed by atoms with Gasteiger partial charge in [0.05, 0.1) is 15.4 Å². The van der Waals surface area contributed by atoms with Gasteiger partial charge in [0, 0.05) is 24.1 Å². The van der Waals surface area contributed by atoms with E-state index in [1.54, 1.807) is 18.0 Å². The van der Waals surface area contributed by atoms with Crippen LogP contribution in [-0.4, -0.2) is 23.2 Å². The van der Waals surface area contributed by atoms with Crippen molar-refractivity contribution >= 4 is 38.6 Å². The van der Waals surface area contributed by atoms with E-state index in [2.05, 4.69) is 26.1 Å². The molecule has 0 atom stereocenters. The number of anilines is 1. The number of hydrogen-bond acceptors (Lipinski definition) is 3. The summed E-state index contributed by atoms with van der Waals surface area (Å²) in [7, 11) is 1.73. The van der Waals surface area contributed by atoms with E-state index in [1.807, 2.05) is 0 Å².